The van der Waals surface area contributed by atoms with Crippen LogP contribution in [0.15, 0.2) is 36.7 Å². The SMILES string of the molecule is Cc1cnc(NC(=O)C2C3CCC[C@H]32)cc1-c1ccccn1. The van der Waals surface area contributed by atoms with Gasteiger partial charge in [0, 0.05) is 23.9 Å². The van der Waals surface area contributed by atoms with Crippen LogP contribution in [0.4, 0.5) is 5.82 Å². The Balaban J connectivity index is 1.54. The molecule has 4 rings (SSSR count). The van der Waals surface area contributed by atoms with Gasteiger partial charge in [-0.15, -0.1) is 0 Å². The average molecular weight is 293 g/mol. The molecule has 0 saturated heterocycles. The van der Waals surface area contributed by atoms with E-state index < -0.39 is 0 Å². The fourth-order valence-corrected chi connectivity index (χ4v) is 3.81. The number of hydrogen-bond donors (Lipinski definition) is 1. The van der Waals surface area contributed by atoms with Gasteiger partial charge in [0.25, 0.3) is 0 Å². The second kappa shape index (κ2) is 5.20. The van der Waals surface area contributed by atoms with Crippen LogP contribution < -0.4 is 5.32 Å². The second-order valence-corrected chi connectivity index (χ2v) is 6.37. The largest absolute Gasteiger partial charge is 0.310 e. The molecule has 4 heteroatoms. The number of aromatic nitrogens is 2. The van der Waals surface area contributed by atoms with Crippen molar-refractivity contribution in [2.24, 2.45) is 17.8 Å². The monoisotopic (exact) mass is 293 g/mol. The Bertz CT molecular complexity index is 704. The summed E-state index contributed by atoms with van der Waals surface area (Å²) in [5.41, 5.74) is 2.98. The van der Waals surface area contributed by atoms with Gasteiger partial charge in [-0.2, -0.15) is 0 Å². The number of nitrogens with zero attached hydrogens (tertiary/aromatic N) is 2. The molecular weight excluding hydrogens is 274 g/mol. The molecule has 0 aromatic carbocycles. The molecule has 2 aromatic rings. The molecule has 2 saturated carbocycles. The van der Waals surface area contributed by atoms with Crippen molar-refractivity contribution in [2.45, 2.75) is 26.2 Å². The Morgan fingerprint density at radius 1 is 1.23 bits per heavy atom. The first-order valence-electron chi connectivity index (χ1n) is 7.93. The van der Waals surface area contributed by atoms with E-state index in [1.807, 2.05) is 31.2 Å². The van der Waals surface area contributed by atoms with Crippen molar-refractivity contribution < 1.29 is 4.79 Å². The summed E-state index contributed by atoms with van der Waals surface area (Å²) in [6, 6.07) is 7.76. The first kappa shape index (κ1) is 13.4. The maximum atomic E-state index is 12.4. The molecule has 0 spiro atoms. The van der Waals surface area contributed by atoms with Gasteiger partial charge in [0.1, 0.15) is 5.82 Å². The summed E-state index contributed by atoms with van der Waals surface area (Å²) >= 11 is 0. The molecule has 1 N–H and O–H groups in total. The number of amides is 1. The Morgan fingerprint density at radius 2 is 2.05 bits per heavy atom. The quantitative estimate of drug-likeness (QED) is 0.943. The number of carbonyl (C=O) groups excluding carboxylic acids is 1. The van der Waals surface area contributed by atoms with E-state index in [2.05, 4.69) is 15.3 Å². The predicted molar refractivity (Wildman–Crippen MR) is 85.2 cm³/mol. The lowest BCUT2D eigenvalue weighted by molar-refractivity contribution is -0.118. The second-order valence-electron chi connectivity index (χ2n) is 6.37. The lowest BCUT2D eigenvalue weighted by atomic mass is 10.1. The molecule has 22 heavy (non-hydrogen) atoms. The van der Waals surface area contributed by atoms with Gasteiger partial charge in [0.15, 0.2) is 0 Å². The maximum Gasteiger partial charge on any atom is 0.229 e. The van der Waals surface area contributed by atoms with E-state index in [0.717, 1.165) is 16.8 Å². The van der Waals surface area contributed by atoms with Crippen molar-refractivity contribution in [3.8, 4) is 11.3 Å². The highest BCUT2D eigenvalue weighted by Crippen LogP contribution is 2.57. The van der Waals surface area contributed by atoms with E-state index >= 15 is 0 Å². The van der Waals surface area contributed by atoms with Crippen LogP contribution in [0.5, 0.6) is 0 Å². The fraction of sp³-hybridized carbons (Fsp3) is 0.389. The molecule has 2 fully saturated rings. The van der Waals surface area contributed by atoms with Crippen LogP contribution in [0.2, 0.25) is 0 Å². The number of pyridine rings is 2. The maximum absolute atomic E-state index is 12.4. The standard InChI is InChI=1S/C18H19N3O/c1-11-10-20-16(9-14(11)15-7-2-3-8-19-15)21-18(22)17-12-5-4-6-13(12)17/h2-3,7-10,12-13,17H,4-6H2,1H3,(H,20,21,22)/t12-,13?,17?/m1/s1. The zero-order valence-corrected chi connectivity index (χ0v) is 12.6. The third-order valence-corrected chi connectivity index (χ3v) is 5.00. The smallest absolute Gasteiger partial charge is 0.229 e. The summed E-state index contributed by atoms with van der Waals surface area (Å²) in [4.78, 5) is 21.1. The van der Waals surface area contributed by atoms with Gasteiger partial charge in [0.05, 0.1) is 5.69 Å². The molecule has 4 nitrogen and oxygen atoms in total. The fourth-order valence-electron chi connectivity index (χ4n) is 3.81. The first-order chi connectivity index (χ1) is 10.7. The van der Waals surface area contributed by atoms with Crippen LogP contribution in [0.3, 0.4) is 0 Å². The molecule has 2 aliphatic rings. The summed E-state index contributed by atoms with van der Waals surface area (Å²) < 4.78 is 0. The molecule has 2 unspecified atom stereocenters. The third-order valence-electron chi connectivity index (χ3n) is 5.00. The first-order valence-corrected chi connectivity index (χ1v) is 7.93. The number of aryl methyl sites for hydroxylation is 1. The highest BCUT2D eigenvalue weighted by atomic mass is 16.2. The predicted octanol–water partition coefficient (Wildman–Crippen LogP) is 3.44. The van der Waals surface area contributed by atoms with Gasteiger partial charge in [-0.1, -0.05) is 12.5 Å². The van der Waals surface area contributed by atoms with Gasteiger partial charge in [-0.3, -0.25) is 9.78 Å². The number of fused-ring (bicyclic) bond motifs is 1. The Hall–Kier alpha value is -2.23. The van der Waals surface area contributed by atoms with E-state index in [0.29, 0.717) is 17.7 Å². The minimum atomic E-state index is 0.137. The molecule has 112 valence electrons. The molecule has 0 aliphatic heterocycles. The zero-order chi connectivity index (χ0) is 15.1. The van der Waals surface area contributed by atoms with Gasteiger partial charge >= 0.3 is 0 Å². The van der Waals surface area contributed by atoms with Crippen LogP contribution in [0, 0.1) is 24.7 Å². The van der Waals surface area contributed by atoms with Crippen LogP contribution in [0.25, 0.3) is 11.3 Å². The van der Waals surface area contributed by atoms with Crippen molar-refractivity contribution in [2.75, 3.05) is 5.32 Å². The van der Waals surface area contributed by atoms with Gasteiger partial charge in [0.2, 0.25) is 5.91 Å². The Morgan fingerprint density at radius 3 is 2.77 bits per heavy atom. The van der Waals surface area contributed by atoms with Crippen molar-refractivity contribution in [3.05, 3.63) is 42.2 Å². The normalized spacial score (nSPS) is 25.6. The minimum absolute atomic E-state index is 0.137. The summed E-state index contributed by atoms with van der Waals surface area (Å²) in [5, 5.41) is 2.99. The lowest BCUT2D eigenvalue weighted by Gasteiger charge is -2.09. The molecular formula is C18H19N3O. The molecule has 2 heterocycles. The molecule has 0 bridgehead atoms. The topological polar surface area (TPSA) is 54.9 Å². The van der Waals surface area contributed by atoms with Gasteiger partial charge < -0.3 is 5.32 Å². The van der Waals surface area contributed by atoms with Crippen molar-refractivity contribution in [3.63, 3.8) is 0 Å². The van der Waals surface area contributed by atoms with Crippen molar-refractivity contribution >= 4 is 11.7 Å². The van der Waals surface area contributed by atoms with E-state index in [9.17, 15) is 4.79 Å². The molecule has 1 amide bonds. The van der Waals surface area contributed by atoms with E-state index in [-0.39, 0.29) is 11.8 Å². The van der Waals surface area contributed by atoms with Crippen LogP contribution in [-0.2, 0) is 4.79 Å². The Labute approximate surface area is 130 Å². The third kappa shape index (κ3) is 2.28. The summed E-state index contributed by atoms with van der Waals surface area (Å²) in [6.45, 7) is 2.01. The van der Waals surface area contributed by atoms with E-state index in [4.69, 9.17) is 0 Å². The molecule has 0 radical (unpaired) electrons. The van der Waals surface area contributed by atoms with Crippen LogP contribution in [0.1, 0.15) is 24.8 Å². The number of nitrogens with one attached hydrogen (secondary N) is 1. The van der Waals surface area contributed by atoms with E-state index in [1.165, 1.54) is 19.3 Å². The molecule has 2 aromatic heterocycles. The van der Waals surface area contributed by atoms with Gasteiger partial charge in [-0.25, -0.2) is 4.98 Å². The summed E-state index contributed by atoms with van der Waals surface area (Å²) in [6.07, 6.45) is 7.28. The molecule has 3 atom stereocenters. The summed E-state index contributed by atoms with van der Waals surface area (Å²) in [5.74, 6) is 2.23. The van der Waals surface area contributed by atoms with Crippen LogP contribution in [-0.4, -0.2) is 15.9 Å². The number of carbonyl (C=O) groups is 1. The minimum Gasteiger partial charge on any atom is -0.310 e. The number of anilines is 1. The average Bonchev–Trinajstić information content (AvgIpc) is 3.03. The highest BCUT2D eigenvalue weighted by molar-refractivity contribution is 5.94. The van der Waals surface area contributed by atoms with Crippen molar-refractivity contribution in [1.82, 2.24) is 9.97 Å². The number of hydrogen-bond acceptors (Lipinski definition) is 3. The lowest BCUT2D eigenvalue weighted by Crippen LogP contribution is -2.17. The van der Waals surface area contributed by atoms with E-state index in [1.54, 1.807) is 12.4 Å². The zero-order valence-electron chi connectivity index (χ0n) is 12.6. The van der Waals surface area contributed by atoms with Gasteiger partial charge in [-0.05, 0) is 55.4 Å². The van der Waals surface area contributed by atoms with Crippen LogP contribution >= 0.6 is 0 Å². The number of rotatable bonds is 3. The molecule has 2 aliphatic carbocycles. The Kier molecular flexibility index (Phi) is 3.17. The highest BCUT2D eigenvalue weighted by Gasteiger charge is 2.56. The summed E-state index contributed by atoms with van der Waals surface area (Å²) in [7, 11) is 0. The van der Waals surface area contributed by atoms with Crippen molar-refractivity contribution in [1.29, 1.82) is 0 Å².